The normalized spacial score (nSPS) is 11.5. The molecule has 0 heterocycles. The van der Waals surface area contributed by atoms with E-state index in [0.717, 1.165) is 4.31 Å². The molecule has 0 aliphatic rings. The van der Waals surface area contributed by atoms with Crippen molar-refractivity contribution in [3.63, 3.8) is 0 Å². The molecule has 0 spiro atoms. The van der Waals surface area contributed by atoms with Crippen LogP contribution in [0.15, 0.2) is 23.1 Å². The minimum atomic E-state index is -3.97. The van der Waals surface area contributed by atoms with Crippen molar-refractivity contribution in [2.24, 2.45) is 0 Å². The molecule has 0 aliphatic heterocycles. The summed E-state index contributed by atoms with van der Waals surface area (Å²) in [4.78, 5) is 11.2. The van der Waals surface area contributed by atoms with Crippen molar-refractivity contribution in [2.75, 3.05) is 13.7 Å². The maximum absolute atomic E-state index is 12.6. The van der Waals surface area contributed by atoms with E-state index in [1.807, 2.05) is 6.07 Å². The number of methoxy groups -OCH3 is 1. The van der Waals surface area contributed by atoms with Gasteiger partial charge in [-0.2, -0.15) is 9.57 Å². The summed E-state index contributed by atoms with van der Waals surface area (Å²) in [5.41, 5.74) is 0.253. The number of hydrogen-bond donors (Lipinski definition) is 0. The fraction of sp³-hybridized carbons (Fsp3) is 0.385. The molecule has 0 aromatic heterocycles. The van der Waals surface area contributed by atoms with Crippen LogP contribution in [0, 0.1) is 11.3 Å². The smallest absolute Gasteiger partial charge is 0.321 e. The summed E-state index contributed by atoms with van der Waals surface area (Å²) in [5.74, 6) is -0.669. The number of rotatable bonds is 5. The summed E-state index contributed by atoms with van der Waals surface area (Å²) in [7, 11) is -2.79. The molecule has 0 bridgehead atoms. The molecule has 1 rings (SSSR count). The molecule has 0 saturated heterocycles. The Balaban J connectivity index is 3.30. The predicted molar refractivity (Wildman–Crippen MR) is 77.2 cm³/mol. The molecule has 0 saturated carbocycles. The van der Waals surface area contributed by atoms with Crippen molar-refractivity contribution >= 4 is 27.6 Å². The van der Waals surface area contributed by atoms with E-state index in [-0.39, 0.29) is 15.5 Å². The average Bonchev–Trinajstić information content (AvgIpc) is 2.43. The van der Waals surface area contributed by atoms with E-state index in [2.05, 4.69) is 4.74 Å². The van der Waals surface area contributed by atoms with E-state index in [4.69, 9.17) is 16.9 Å². The second-order valence-electron chi connectivity index (χ2n) is 4.48. The summed E-state index contributed by atoms with van der Waals surface area (Å²) < 4.78 is 30.7. The molecule has 114 valence electrons. The van der Waals surface area contributed by atoms with Gasteiger partial charge in [-0.25, -0.2) is 8.42 Å². The minimum absolute atomic E-state index is 0.0652. The van der Waals surface area contributed by atoms with Crippen molar-refractivity contribution in [2.45, 2.75) is 24.8 Å². The minimum Gasteiger partial charge on any atom is -0.468 e. The summed E-state index contributed by atoms with van der Waals surface area (Å²) in [5, 5.41) is 8.71. The van der Waals surface area contributed by atoms with Gasteiger partial charge in [-0.15, -0.1) is 0 Å². The summed E-state index contributed by atoms with van der Waals surface area (Å²) in [6, 6.07) is 5.29. The molecular formula is C13H15ClN2O4S. The van der Waals surface area contributed by atoms with Gasteiger partial charge < -0.3 is 4.74 Å². The lowest BCUT2D eigenvalue weighted by molar-refractivity contribution is -0.141. The monoisotopic (exact) mass is 330 g/mol. The van der Waals surface area contributed by atoms with Crippen molar-refractivity contribution < 1.29 is 17.9 Å². The average molecular weight is 331 g/mol. The Hall–Kier alpha value is -1.62. The molecule has 1 aromatic rings. The van der Waals surface area contributed by atoms with Crippen LogP contribution >= 0.6 is 11.6 Å². The number of nitrogens with zero attached hydrogens (tertiary/aromatic N) is 2. The Kier molecular flexibility index (Phi) is 5.72. The van der Waals surface area contributed by atoms with Gasteiger partial charge in [-0.1, -0.05) is 11.6 Å². The summed E-state index contributed by atoms with van der Waals surface area (Å²) >= 11 is 5.94. The second-order valence-corrected chi connectivity index (χ2v) is 6.74. The number of sulfonamides is 1. The van der Waals surface area contributed by atoms with E-state index in [1.165, 1.54) is 25.3 Å². The van der Waals surface area contributed by atoms with Crippen molar-refractivity contribution in [3.05, 3.63) is 28.8 Å². The van der Waals surface area contributed by atoms with Crippen LogP contribution in [-0.2, 0) is 19.6 Å². The summed E-state index contributed by atoms with van der Waals surface area (Å²) in [6.07, 6.45) is 0. The van der Waals surface area contributed by atoms with Gasteiger partial charge in [-0.05, 0) is 32.0 Å². The molecule has 1 aromatic carbocycles. The van der Waals surface area contributed by atoms with Crippen LogP contribution in [0.1, 0.15) is 19.4 Å². The van der Waals surface area contributed by atoms with Gasteiger partial charge in [0, 0.05) is 6.04 Å². The standard InChI is InChI=1S/C13H15ClN2O4S/c1-9(2)16(8-13(17)20-3)21(18,19)12-5-4-10(7-15)6-11(12)14/h4-6,9H,8H2,1-3H3. The Morgan fingerprint density at radius 2 is 2.10 bits per heavy atom. The first-order valence-corrected chi connectivity index (χ1v) is 7.84. The number of carbonyl (C=O) groups excluding carboxylic acids is 1. The first-order chi connectivity index (χ1) is 9.73. The Morgan fingerprint density at radius 1 is 1.48 bits per heavy atom. The fourth-order valence-electron chi connectivity index (χ4n) is 1.64. The van der Waals surface area contributed by atoms with E-state index < -0.39 is 28.6 Å². The van der Waals surface area contributed by atoms with Gasteiger partial charge in [0.25, 0.3) is 0 Å². The van der Waals surface area contributed by atoms with Gasteiger partial charge in [0.05, 0.1) is 23.8 Å². The Labute approximate surface area is 128 Å². The number of benzene rings is 1. The molecule has 0 fully saturated rings. The summed E-state index contributed by atoms with van der Waals surface area (Å²) in [6.45, 7) is 2.86. The van der Waals surface area contributed by atoms with Crippen molar-refractivity contribution in [3.8, 4) is 6.07 Å². The zero-order valence-corrected chi connectivity index (χ0v) is 13.4. The largest absolute Gasteiger partial charge is 0.468 e. The van der Waals surface area contributed by atoms with Crippen molar-refractivity contribution in [1.29, 1.82) is 5.26 Å². The molecular weight excluding hydrogens is 316 g/mol. The maximum Gasteiger partial charge on any atom is 0.321 e. The Morgan fingerprint density at radius 3 is 2.52 bits per heavy atom. The lowest BCUT2D eigenvalue weighted by Crippen LogP contribution is -2.41. The van der Waals surface area contributed by atoms with Gasteiger partial charge in [0.2, 0.25) is 10.0 Å². The number of halogens is 1. The van der Waals surface area contributed by atoms with Crippen LogP contribution in [0.4, 0.5) is 0 Å². The molecule has 0 amide bonds. The van der Waals surface area contributed by atoms with Gasteiger partial charge in [0.15, 0.2) is 0 Å². The number of nitriles is 1. The molecule has 0 N–H and O–H groups in total. The quantitative estimate of drug-likeness (QED) is 0.768. The van der Waals surface area contributed by atoms with Crippen LogP contribution < -0.4 is 0 Å². The lowest BCUT2D eigenvalue weighted by atomic mass is 10.2. The predicted octanol–water partition coefficient (Wildman–Crippen LogP) is 1.78. The molecule has 0 aliphatic carbocycles. The number of hydrogen-bond acceptors (Lipinski definition) is 5. The van der Waals surface area contributed by atoms with Crippen molar-refractivity contribution in [1.82, 2.24) is 4.31 Å². The molecule has 0 atom stereocenters. The zero-order chi connectivity index (χ0) is 16.2. The van der Waals surface area contributed by atoms with Crippen LogP contribution in [-0.4, -0.2) is 38.4 Å². The third-order valence-electron chi connectivity index (χ3n) is 2.74. The highest BCUT2D eigenvalue weighted by Crippen LogP contribution is 2.26. The SMILES string of the molecule is COC(=O)CN(C(C)C)S(=O)(=O)c1ccc(C#N)cc1Cl. The first-order valence-electron chi connectivity index (χ1n) is 6.02. The fourth-order valence-corrected chi connectivity index (χ4v) is 3.74. The third-order valence-corrected chi connectivity index (χ3v) is 5.24. The topological polar surface area (TPSA) is 87.5 Å². The first kappa shape index (κ1) is 17.4. The second kappa shape index (κ2) is 6.89. The van der Waals surface area contributed by atoms with E-state index in [9.17, 15) is 13.2 Å². The number of esters is 1. The number of carbonyl (C=O) groups is 1. The van der Waals surface area contributed by atoms with Gasteiger partial charge in [-0.3, -0.25) is 4.79 Å². The highest BCUT2D eigenvalue weighted by Gasteiger charge is 2.31. The van der Waals surface area contributed by atoms with Crippen LogP contribution in [0.25, 0.3) is 0 Å². The zero-order valence-electron chi connectivity index (χ0n) is 11.8. The van der Waals surface area contributed by atoms with Crippen LogP contribution in [0.2, 0.25) is 5.02 Å². The van der Waals surface area contributed by atoms with Gasteiger partial charge >= 0.3 is 5.97 Å². The molecule has 0 radical (unpaired) electrons. The molecule has 6 nitrogen and oxygen atoms in total. The van der Waals surface area contributed by atoms with Crippen LogP contribution in [0.3, 0.4) is 0 Å². The highest BCUT2D eigenvalue weighted by molar-refractivity contribution is 7.89. The molecule has 21 heavy (non-hydrogen) atoms. The molecule has 0 unspecified atom stereocenters. The Bertz CT molecular complexity index is 680. The van der Waals surface area contributed by atoms with Crippen LogP contribution in [0.5, 0.6) is 0 Å². The third kappa shape index (κ3) is 3.94. The van der Waals surface area contributed by atoms with E-state index in [0.29, 0.717) is 0 Å². The highest BCUT2D eigenvalue weighted by atomic mass is 35.5. The van der Waals surface area contributed by atoms with E-state index in [1.54, 1.807) is 13.8 Å². The maximum atomic E-state index is 12.6. The molecule has 8 heteroatoms. The van der Waals surface area contributed by atoms with Gasteiger partial charge in [0.1, 0.15) is 11.4 Å². The lowest BCUT2D eigenvalue weighted by Gasteiger charge is -2.25. The number of ether oxygens (including phenoxy) is 1. The van der Waals surface area contributed by atoms with E-state index >= 15 is 0 Å².